The fraction of sp³-hybridized carbons (Fsp3) is 0.100. The summed E-state index contributed by atoms with van der Waals surface area (Å²) in [5, 5.41) is 15.1. The van der Waals surface area contributed by atoms with Crippen molar-refractivity contribution < 1.29 is 13.2 Å². The molecule has 0 bridgehead atoms. The SMILES string of the molecule is Cc1cccc(-c2nn(-c3ccccc3)cc2C(=O)Nc2nnc(NS(C)(=O)=O)s2)c1. The maximum atomic E-state index is 13.1. The maximum Gasteiger partial charge on any atom is 0.261 e. The topological polar surface area (TPSA) is 119 Å². The zero-order valence-electron chi connectivity index (χ0n) is 16.6. The highest BCUT2D eigenvalue weighted by Gasteiger charge is 2.20. The summed E-state index contributed by atoms with van der Waals surface area (Å²) in [4.78, 5) is 13.1. The highest BCUT2D eigenvalue weighted by Crippen LogP contribution is 2.27. The largest absolute Gasteiger partial charge is 0.296 e. The van der Waals surface area contributed by atoms with Crippen molar-refractivity contribution in [3.8, 4) is 16.9 Å². The molecule has 0 fully saturated rings. The van der Waals surface area contributed by atoms with Crippen LogP contribution in [0, 0.1) is 6.92 Å². The van der Waals surface area contributed by atoms with E-state index >= 15 is 0 Å². The number of benzene rings is 2. The number of aromatic nitrogens is 4. The molecule has 158 valence electrons. The molecule has 9 nitrogen and oxygen atoms in total. The zero-order valence-corrected chi connectivity index (χ0v) is 18.2. The lowest BCUT2D eigenvalue weighted by molar-refractivity contribution is 0.102. The van der Waals surface area contributed by atoms with E-state index in [9.17, 15) is 13.2 Å². The molecule has 4 aromatic rings. The van der Waals surface area contributed by atoms with Crippen molar-refractivity contribution in [2.45, 2.75) is 6.92 Å². The van der Waals surface area contributed by atoms with Gasteiger partial charge in [0.15, 0.2) is 0 Å². The van der Waals surface area contributed by atoms with Crippen LogP contribution in [0.3, 0.4) is 0 Å². The number of hydrogen-bond donors (Lipinski definition) is 2. The summed E-state index contributed by atoms with van der Waals surface area (Å²) in [5.41, 5.74) is 3.52. The average Bonchev–Trinajstić information content (AvgIpc) is 3.34. The molecule has 0 saturated heterocycles. The van der Waals surface area contributed by atoms with Gasteiger partial charge in [-0.25, -0.2) is 13.1 Å². The monoisotopic (exact) mass is 454 g/mol. The minimum absolute atomic E-state index is 0.0664. The number of amides is 1. The molecule has 0 aliphatic rings. The summed E-state index contributed by atoms with van der Waals surface area (Å²) in [7, 11) is -3.49. The molecule has 2 aromatic heterocycles. The van der Waals surface area contributed by atoms with E-state index in [2.05, 4.69) is 25.3 Å². The molecule has 0 aliphatic heterocycles. The number of sulfonamides is 1. The third-order valence-electron chi connectivity index (χ3n) is 4.19. The Labute approximate surface area is 182 Å². The lowest BCUT2D eigenvalue weighted by atomic mass is 10.1. The van der Waals surface area contributed by atoms with Crippen molar-refractivity contribution in [2.24, 2.45) is 0 Å². The number of carbonyl (C=O) groups is 1. The van der Waals surface area contributed by atoms with Gasteiger partial charge in [-0.05, 0) is 25.1 Å². The van der Waals surface area contributed by atoms with E-state index in [1.165, 1.54) is 0 Å². The van der Waals surface area contributed by atoms with Crippen LogP contribution < -0.4 is 10.0 Å². The maximum absolute atomic E-state index is 13.1. The molecule has 2 heterocycles. The smallest absolute Gasteiger partial charge is 0.261 e. The van der Waals surface area contributed by atoms with Crippen molar-refractivity contribution in [1.29, 1.82) is 0 Å². The second-order valence-corrected chi connectivity index (χ2v) is 9.51. The van der Waals surface area contributed by atoms with Gasteiger partial charge in [0.1, 0.15) is 5.69 Å². The highest BCUT2D eigenvalue weighted by molar-refractivity contribution is 7.92. The van der Waals surface area contributed by atoms with Crippen LogP contribution in [0.25, 0.3) is 16.9 Å². The van der Waals surface area contributed by atoms with E-state index in [1.807, 2.05) is 61.5 Å². The van der Waals surface area contributed by atoms with Crippen LogP contribution >= 0.6 is 11.3 Å². The van der Waals surface area contributed by atoms with Crippen LogP contribution in [0.4, 0.5) is 10.3 Å². The molecule has 0 unspecified atom stereocenters. The molecule has 4 rings (SSSR count). The summed E-state index contributed by atoms with van der Waals surface area (Å²) in [6.07, 6.45) is 2.66. The van der Waals surface area contributed by atoms with Crippen molar-refractivity contribution >= 4 is 37.5 Å². The second-order valence-electron chi connectivity index (χ2n) is 6.78. The Morgan fingerprint density at radius 2 is 1.77 bits per heavy atom. The molecule has 0 aliphatic carbocycles. The van der Waals surface area contributed by atoms with Crippen LogP contribution in [0.1, 0.15) is 15.9 Å². The van der Waals surface area contributed by atoms with Gasteiger partial charge in [-0.3, -0.25) is 14.8 Å². The molecule has 2 aromatic carbocycles. The van der Waals surface area contributed by atoms with Gasteiger partial charge < -0.3 is 0 Å². The normalized spacial score (nSPS) is 11.3. The number of nitrogens with zero attached hydrogens (tertiary/aromatic N) is 4. The average molecular weight is 455 g/mol. The van der Waals surface area contributed by atoms with Gasteiger partial charge in [0.25, 0.3) is 5.91 Å². The Balaban J connectivity index is 1.69. The van der Waals surface area contributed by atoms with Gasteiger partial charge in [-0.2, -0.15) is 5.10 Å². The molecular weight excluding hydrogens is 436 g/mol. The third-order valence-corrected chi connectivity index (χ3v) is 5.64. The summed E-state index contributed by atoms with van der Waals surface area (Å²) in [5.74, 6) is -0.430. The molecule has 2 N–H and O–H groups in total. The van der Waals surface area contributed by atoms with E-state index < -0.39 is 15.9 Å². The molecular formula is C20H18N6O3S2. The molecule has 1 amide bonds. The Hall–Kier alpha value is -3.57. The van der Waals surface area contributed by atoms with E-state index in [-0.39, 0.29) is 10.3 Å². The van der Waals surface area contributed by atoms with Crippen LogP contribution in [-0.4, -0.2) is 40.6 Å². The number of para-hydroxylation sites is 1. The fourth-order valence-electron chi connectivity index (χ4n) is 2.90. The Morgan fingerprint density at radius 3 is 2.48 bits per heavy atom. The van der Waals surface area contributed by atoms with Gasteiger partial charge in [0, 0.05) is 11.8 Å². The van der Waals surface area contributed by atoms with E-state index in [4.69, 9.17) is 0 Å². The van der Waals surface area contributed by atoms with Crippen molar-refractivity contribution in [1.82, 2.24) is 20.0 Å². The molecule has 0 atom stereocenters. The number of anilines is 2. The van der Waals surface area contributed by atoms with Gasteiger partial charge in [-0.15, -0.1) is 10.2 Å². The Bertz CT molecular complexity index is 1350. The van der Waals surface area contributed by atoms with E-state index in [0.717, 1.165) is 34.4 Å². The number of carbonyl (C=O) groups excluding carboxylic acids is 1. The van der Waals surface area contributed by atoms with Crippen molar-refractivity contribution in [3.05, 3.63) is 71.9 Å². The first kappa shape index (κ1) is 20.7. The number of rotatable bonds is 6. The second kappa shape index (κ2) is 8.28. The molecule has 11 heteroatoms. The van der Waals surface area contributed by atoms with Crippen LogP contribution in [0.15, 0.2) is 60.8 Å². The summed E-state index contributed by atoms with van der Waals surface area (Å²) >= 11 is 0.918. The van der Waals surface area contributed by atoms with Gasteiger partial charge >= 0.3 is 0 Å². The number of hydrogen-bond acceptors (Lipinski definition) is 7. The van der Waals surface area contributed by atoms with Gasteiger partial charge in [0.2, 0.25) is 20.3 Å². The third kappa shape index (κ3) is 4.95. The molecule has 0 spiro atoms. The summed E-state index contributed by atoms with van der Waals surface area (Å²) in [6, 6.07) is 17.2. The predicted molar refractivity (Wildman–Crippen MR) is 120 cm³/mol. The Kier molecular flexibility index (Phi) is 5.53. The molecule has 31 heavy (non-hydrogen) atoms. The van der Waals surface area contributed by atoms with Crippen LogP contribution in [0.2, 0.25) is 0 Å². The van der Waals surface area contributed by atoms with Crippen molar-refractivity contribution in [2.75, 3.05) is 16.3 Å². The van der Waals surface area contributed by atoms with Gasteiger partial charge in [-0.1, -0.05) is 53.3 Å². The highest BCUT2D eigenvalue weighted by atomic mass is 32.2. The lowest BCUT2D eigenvalue weighted by Gasteiger charge is -2.03. The lowest BCUT2D eigenvalue weighted by Crippen LogP contribution is -2.12. The number of nitrogens with one attached hydrogen (secondary N) is 2. The van der Waals surface area contributed by atoms with Crippen LogP contribution in [0.5, 0.6) is 0 Å². The standard InChI is InChI=1S/C20H18N6O3S2/c1-13-7-6-8-14(11-13)17-16(12-26(24-17)15-9-4-3-5-10-15)18(27)21-19-22-23-20(30-19)25-31(2,28)29/h3-12H,1-2H3,(H,23,25)(H,21,22,27). The minimum Gasteiger partial charge on any atom is -0.296 e. The zero-order chi connectivity index (χ0) is 22.0. The molecule has 0 saturated carbocycles. The quantitative estimate of drug-likeness (QED) is 0.461. The van der Waals surface area contributed by atoms with E-state index in [1.54, 1.807) is 10.9 Å². The van der Waals surface area contributed by atoms with Crippen molar-refractivity contribution in [3.63, 3.8) is 0 Å². The van der Waals surface area contributed by atoms with Crippen LogP contribution in [-0.2, 0) is 10.0 Å². The number of aryl methyl sites for hydroxylation is 1. The van der Waals surface area contributed by atoms with E-state index in [0.29, 0.717) is 11.3 Å². The molecule has 0 radical (unpaired) electrons. The first-order valence-electron chi connectivity index (χ1n) is 9.13. The Morgan fingerprint density at radius 1 is 1.03 bits per heavy atom. The predicted octanol–water partition coefficient (Wildman–Crippen LogP) is 3.32. The van der Waals surface area contributed by atoms with Gasteiger partial charge in [0.05, 0.1) is 17.5 Å². The first-order chi connectivity index (χ1) is 14.8. The first-order valence-corrected chi connectivity index (χ1v) is 11.8. The summed E-state index contributed by atoms with van der Waals surface area (Å²) in [6.45, 7) is 1.97. The summed E-state index contributed by atoms with van der Waals surface area (Å²) < 4.78 is 26.6. The minimum atomic E-state index is -3.49. The fourth-order valence-corrected chi connectivity index (χ4v) is 4.37.